The first-order valence-corrected chi connectivity index (χ1v) is 7.25. The molecule has 0 spiro atoms. The predicted molar refractivity (Wildman–Crippen MR) is 84.6 cm³/mol. The number of nitrogens with one attached hydrogen (secondary N) is 1. The van der Waals surface area contributed by atoms with Crippen molar-refractivity contribution < 1.29 is 5.11 Å². The fourth-order valence-corrected chi connectivity index (χ4v) is 3.00. The Morgan fingerprint density at radius 3 is 2.90 bits per heavy atom. The zero-order valence-corrected chi connectivity index (χ0v) is 13.2. The summed E-state index contributed by atoms with van der Waals surface area (Å²) in [5, 5.41) is 20.4. The minimum Gasteiger partial charge on any atom is -0.506 e. The third kappa shape index (κ3) is 2.59. The maximum absolute atomic E-state index is 9.95. The molecule has 100 valence electrons. The Labute approximate surface area is 131 Å². The van der Waals surface area contributed by atoms with Crippen molar-refractivity contribution in [1.82, 2.24) is 15.4 Å². The second-order valence-corrected chi connectivity index (χ2v) is 5.87. The summed E-state index contributed by atoms with van der Waals surface area (Å²) in [6.45, 7) is 0. The summed E-state index contributed by atoms with van der Waals surface area (Å²) in [7, 11) is 0. The molecule has 0 amide bonds. The zero-order valence-electron chi connectivity index (χ0n) is 10.0. The highest BCUT2D eigenvalue weighted by atomic mass is 79.9. The number of H-pyrrole nitrogens is 1. The molecule has 3 aromatic rings. The van der Waals surface area contributed by atoms with Crippen molar-refractivity contribution in [3.63, 3.8) is 0 Å². The van der Waals surface area contributed by atoms with Gasteiger partial charge in [0.2, 0.25) is 0 Å². The van der Waals surface area contributed by atoms with E-state index in [-0.39, 0.29) is 5.75 Å². The highest BCUT2D eigenvalue weighted by molar-refractivity contribution is 9.11. The SMILES string of the molecule is Oc1c(Br)cc(Br)cc1/C=N/c1ccc2[nH]nnc2c1. The lowest BCUT2D eigenvalue weighted by atomic mass is 10.2. The van der Waals surface area contributed by atoms with Gasteiger partial charge in [0, 0.05) is 16.3 Å². The molecule has 0 saturated heterocycles. The van der Waals surface area contributed by atoms with Crippen LogP contribution in [-0.4, -0.2) is 26.7 Å². The number of benzene rings is 2. The summed E-state index contributed by atoms with van der Waals surface area (Å²) in [5.74, 6) is 0.152. The lowest BCUT2D eigenvalue weighted by Gasteiger charge is -2.02. The van der Waals surface area contributed by atoms with Crippen molar-refractivity contribution in [3.05, 3.63) is 44.8 Å². The number of hydrogen-bond acceptors (Lipinski definition) is 4. The molecular formula is C13H8Br2N4O. The second-order valence-electron chi connectivity index (χ2n) is 4.10. The van der Waals surface area contributed by atoms with Gasteiger partial charge in [0.05, 0.1) is 15.7 Å². The van der Waals surface area contributed by atoms with Crippen LogP contribution in [0.5, 0.6) is 5.75 Å². The predicted octanol–water partition coefficient (Wildman–Crippen LogP) is 3.94. The van der Waals surface area contributed by atoms with Crippen LogP contribution in [0.3, 0.4) is 0 Å². The maximum atomic E-state index is 9.95. The van der Waals surface area contributed by atoms with Gasteiger partial charge in [0.25, 0.3) is 0 Å². The fourth-order valence-electron chi connectivity index (χ4n) is 1.74. The number of hydrogen-bond donors (Lipinski definition) is 2. The van der Waals surface area contributed by atoms with Gasteiger partial charge in [0.1, 0.15) is 11.3 Å². The number of rotatable bonds is 2. The van der Waals surface area contributed by atoms with Gasteiger partial charge in [-0.1, -0.05) is 21.1 Å². The number of aromatic amines is 1. The number of phenolic OH excluding ortho intramolecular Hbond substituents is 1. The monoisotopic (exact) mass is 394 g/mol. The molecule has 0 unspecified atom stereocenters. The molecule has 0 aliphatic rings. The molecule has 2 N–H and O–H groups in total. The summed E-state index contributed by atoms with van der Waals surface area (Å²) < 4.78 is 1.47. The Hall–Kier alpha value is -1.73. The molecule has 7 heteroatoms. The third-order valence-corrected chi connectivity index (χ3v) is 3.78. The average molecular weight is 396 g/mol. The molecule has 1 heterocycles. The molecule has 0 radical (unpaired) electrons. The molecule has 3 rings (SSSR count). The Balaban J connectivity index is 1.97. The molecule has 5 nitrogen and oxygen atoms in total. The number of halogens is 2. The van der Waals surface area contributed by atoms with Crippen LogP contribution < -0.4 is 0 Å². The van der Waals surface area contributed by atoms with Crippen molar-refractivity contribution in [1.29, 1.82) is 0 Å². The van der Waals surface area contributed by atoms with E-state index in [1.807, 2.05) is 18.2 Å². The summed E-state index contributed by atoms with van der Waals surface area (Å²) in [5.41, 5.74) is 2.96. The van der Waals surface area contributed by atoms with Crippen LogP contribution in [-0.2, 0) is 0 Å². The van der Waals surface area contributed by atoms with E-state index < -0.39 is 0 Å². The first-order valence-electron chi connectivity index (χ1n) is 5.66. The number of phenols is 1. The first-order chi connectivity index (χ1) is 9.63. The van der Waals surface area contributed by atoms with E-state index >= 15 is 0 Å². The van der Waals surface area contributed by atoms with Gasteiger partial charge in [-0.2, -0.15) is 0 Å². The molecule has 0 saturated carbocycles. The van der Waals surface area contributed by atoms with Gasteiger partial charge in [0.15, 0.2) is 0 Å². The Bertz CT molecular complexity index is 813. The normalized spacial score (nSPS) is 11.5. The highest BCUT2D eigenvalue weighted by Crippen LogP contribution is 2.31. The molecule has 0 fully saturated rings. The molecule has 0 bridgehead atoms. The van der Waals surface area contributed by atoms with Crippen LogP contribution in [0, 0.1) is 0 Å². The standard InChI is InChI=1S/C13H8Br2N4O/c14-8-3-7(13(20)10(15)4-8)6-16-9-1-2-11-12(5-9)18-19-17-11/h1-6,20H,(H,17,18,19)/b16-6+. The van der Waals surface area contributed by atoms with E-state index in [2.05, 4.69) is 52.3 Å². The Morgan fingerprint density at radius 2 is 2.05 bits per heavy atom. The molecule has 0 aliphatic carbocycles. The van der Waals surface area contributed by atoms with Crippen LogP contribution in [0.25, 0.3) is 11.0 Å². The van der Waals surface area contributed by atoms with E-state index in [1.165, 1.54) is 0 Å². The van der Waals surface area contributed by atoms with Crippen LogP contribution in [0.2, 0.25) is 0 Å². The van der Waals surface area contributed by atoms with E-state index in [0.29, 0.717) is 10.0 Å². The quantitative estimate of drug-likeness (QED) is 0.645. The smallest absolute Gasteiger partial charge is 0.138 e. The molecule has 2 aromatic carbocycles. The molecule has 0 aliphatic heterocycles. The summed E-state index contributed by atoms with van der Waals surface area (Å²) >= 11 is 6.66. The van der Waals surface area contributed by atoms with Crippen LogP contribution in [0.1, 0.15) is 5.56 Å². The van der Waals surface area contributed by atoms with Gasteiger partial charge in [-0.15, -0.1) is 5.10 Å². The van der Waals surface area contributed by atoms with Crippen molar-refractivity contribution in [2.24, 2.45) is 4.99 Å². The van der Waals surface area contributed by atoms with Gasteiger partial charge in [-0.25, -0.2) is 0 Å². The number of aromatic nitrogens is 3. The maximum Gasteiger partial charge on any atom is 0.138 e. The fraction of sp³-hybridized carbons (Fsp3) is 0. The molecule has 1 aromatic heterocycles. The first kappa shape index (κ1) is 13.3. The minimum absolute atomic E-state index is 0.152. The molecular weight excluding hydrogens is 388 g/mol. The average Bonchev–Trinajstić information content (AvgIpc) is 2.88. The van der Waals surface area contributed by atoms with Crippen molar-refractivity contribution >= 4 is 54.8 Å². The van der Waals surface area contributed by atoms with Crippen molar-refractivity contribution in [2.75, 3.05) is 0 Å². The van der Waals surface area contributed by atoms with Crippen LogP contribution in [0.15, 0.2) is 44.3 Å². The van der Waals surface area contributed by atoms with Gasteiger partial charge in [-0.3, -0.25) is 10.1 Å². The Morgan fingerprint density at radius 1 is 1.20 bits per heavy atom. The summed E-state index contributed by atoms with van der Waals surface area (Å²) in [6.07, 6.45) is 1.60. The van der Waals surface area contributed by atoms with Crippen LogP contribution >= 0.6 is 31.9 Å². The van der Waals surface area contributed by atoms with Gasteiger partial charge < -0.3 is 5.11 Å². The zero-order chi connectivity index (χ0) is 14.1. The third-order valence-electron chi connectivity index (χ3n) is 2.72. The van der Waals surface area contributed by atoms with Crippen molar-refractivity contribution in [2.45, 2.75) is 0 Å². The van der Waals surface area contributed by atoms with Gasteiger partial charge >= 0.3 is 0 Å². The highest BCUT2D eigenvalue weighted by Gasteiger charge is 2.05. The van der Waals surface area contributed by atoms with E-state index in [1.54, 1.807) is 18.3 Å². The number of nitrogens with zero attached hydrogens (tertiary/aromatic N) is 3. The number of aliphatic imine (C=N–C) groups is 1. The number of fused-ring (bicyclic) bond motifs is 1. The number of aromatic hydroxyl groups is 1. The Kier molecular flexibility index (Phi) is 3.54. The summed E-state index contributed by atoms with van der Waals surface area (Å²) in [6, 6.07) is 9.09. The van der Waals surface area contributed by atoms with Crippen molar-refractivity contribution in [3.8, 4) is 5.75 Å². The minimum atomic E-state index is 0.152. The van der Waals surface area contributed by atoms with Gasteiger partial charge in [-0.05, 0) is 46.3 Å². The second kappa shape index (κ2) is 5.34. The van der Waals surface area contributed by atoms with E-state index in [9.17, 15) is 5.11 Å². The largest absolute Gasteiger partial charge is 0.506 e. The lowest BCUT2D eigenvalue weighted by molar-refractivity contribution is 0.471. The lowest BCUT2D eigenvalue weighted by Crippen LogP contribution is -1.84. The molecule has 0 atom stereocenters. The van der Waals surface area contributed by atoms with E-state index in [0.717, 1.165) is 21.2 Å². The molecule has 20 heavy (non-hydrogen) atoms. The topological polar surface area (TPSA) is 74.2 Å². The summed E-state index contributed by atoms with van der Waals surface area (Å²) in [4.78, 5) is 4.34. The van der Waals surface area contributed by atoms with Crippen LogP contribution in [0.4, 0.5) is 5.69 Å². The van der Waals surface area contributed by atoms with E-state index in [4.69, 9.17) is 0 Å².